The van der Waals surface area contributed by atoms with Gasteiger partial charge in [0.15, 0.2) is 31.3 Å². The summed E-state index contributed by atoms with van der Waals surface area (Å²) in [5, 5.41) is 22.7. The molecule has 0 bridgehead atoms. The normalized spacial score (nSPS) is 21.1. The van der Waals surface area contributed by atoms with Crippen LogP contribution in [0.1, 0.15) is 68.0 Å². The molecule has 0 saturated carbocycles. The minimum atomic E-state index is -1.90. The van der Waals surface area contributed by atoms with Crippen molar-refractivity contribution in [3.8, 4) is 34.5 Å². The van der Waals surface area contributed by atoms with Crippen LogP contribution in [0.15, 0.2) is 6.07 Å². The van der Waals surface area contributed by atoms with Gasteiger partial charge in [0.1, 0.15) is 17.5 Å². The summed E-state index contributed by atoms with van der Waals surface area (Å²) in [6, 6.07) is 0.143. The number of rotatable bonds is 15. The highest BCUT2D eigenvalue weighted by Gasteiger charge is 2.48. The molecule has 4 N–H and O–H groups in total. The lowest BCUT2D eigenvalue weighted by atomic mass is 9.80. The molecule has 290 valence electrons. The maximum atomic E-state index is 11.8. The summed E-state index contributed by atoms with van der Waals surface area (Å²) in [5.74, 6) is 1.83. The second-order valence-corrected chi connectivity index (χ2v) is 20.1. The topological polar surface area (TPSA) is 133 Å². The van der Waals surface area contributed by atoms with Crippen LogP contribution >= 0.6 is 0 Å². The van der Waals surface area contributed by atoms with Gasteiger partial charge < -0.3 is 44.1 Å². The zero-order chi connectivity index (χ0) is 38.7. The number of nitrogens with two attached hydrogens (primary N) is 1. The van der Waals surface area contributed by atoms with Crippen LogP contribution < -0.4 is 24.7 Å². The molecule has 1 fully saturated rings. The number of likely N-dealkylation sites (N-methyl/N-ethyl adjacent to an activating group) is 1. The molecule has 0 amide bonds. The average Bonchev–Trinajstić information content (AvgIpc) is 3.09. The van der Waals surface area contributed by atoms with Crippen LogP contribution in [0, 0.1) is 20.4 Å². The second kappa shape index (κ2) is 17.3. The third-order valence-electron chi connectivity index (χ3n) is 11.8. The summed E-state index contributed by atoms with van der Waals surface area (Å²) in [6.07, 6.45) is 0.919. The number of methoxy groups -OCH3 is 4. The van der Waals surface area contributed by atoms with Crippen LogP contribution in [0.4, 0.5) is 0 Å². The maximum Gasteiger partial charge on any atom is 0.295 e. The van der Waals surface area contributed by atoms with Crippen LogP contribution in [-0.2, 0) is 22.0 Å². The summed E-state index contributed by atoms with van der Waals surface area (Å²) in [6.45, 7) is 26.0. The second-order valence-electron chi connectivity index (χ2n) is 15.1. The van der Waals surface area contributed by atoms with Crippen molar-refractivity contribution >= 4 is 8.32 Å². The van der Waals surface area contributed by atoms with E-state index >= 15 is 0 Å². The van der Waals surface area contributed by atoms with Crippen LogP contribution in [0.25, 0.3) is 4.85 Å². The van der Waals surface area contributed by atoms with Gasteiger partial charge in [0.25, 0.3) is 6.17 Å². The molecule has 5 atom stereocenters. The monoisotopic (exact) mass is 742 g/mol. The van der Waals surface area contributed by atoms with Crippen molar-refractivity contribution in [2.45, 2.75) is 109 Å². The molecular formula is C39H62N4O8Si. The fourth-order valence-electron chi connectivity index (χ4n) is 8.41. The zero-order valence-corrected chi connectivity index (χ0v) is 34.3. The van der Waals surface area contributed by atoms with Gasteiger partial charge in [-0.15, -0.1) is 0 Å². The van der Waals surface area contributed by atoms with Crippen molar-refractivity contribution in [2.75, 3.05) is 61.8 Å². The number of hydrogen-bond acceptors (Lipinski definition) is 11. The molecule has 0 radical (unpaired) electrons. The van der Waals surface area contributed by atoms with Crippen LogP contribution in [0.5, 0.6) is 34.5 Å². The van der Waals surface area contributed by atoms with Crippen LogP contribution in [0.3, 0.4) is 0 Å². The lowest BCUT2D eigenvalue weighted by Crippen LogP contribution is -2.59. The first-order valence-electron chi connectivity index (χ1n) is 18.3. The number of nitrogens with zero attached hydrogens (tertiary/aromatic N) is 3. The van der Waals surface area contributed by atoms with Crippen molar-refractivity contribution < 1.29 is 38.3 Å². The summed E-state index contributed by atoms with van der Waals surface area (Å²) in [4.78, 5) is 8.62. The van der Waals surface area contributed by atoms with Gasteiger partial charge in [-0.3, -0.25) is 9.74 Å². The minimum Gasteiger partial charge on any atom is -0.504 e. The van der Waals surface area contributed by atoms with Gasteiger partial charge in [-0.05, 0) is 63.0 Å². The molecule has 2 aliphatic heterocycles. The molecule has 4 unspecified atom stereocenters. The van der Waals surface area contributed by atoms with E-state index in [0.717, 1.165) is 12.0 Å². The summed E-state index contributed by atoms with van der Waals surface area (Å²) in [7, 11) is 6.29. The Morgan fingerprint density at radius 2 is 1.58 bits per heavy atom. The first-order chi connectivity index (χ1) is 24.6. The molecule has 52 heavy (non-hydrogen) atoms. The van der Waals surface area contributed by atoms with E-state index in [9.17, 15) is 10.2 Å². The third kappa shape index (κ3) is 7.83. The van der Waals surface area contributed by atoms with E-state index in [-0.39, 0.29) is 30.1 Å². The minimum absolute atomic E-state index is 0.00594. The number of fused-ring (bicyclic) bond motifs is 1. The number of hydrogen-bond donors (Lipinski definition) is 3. The standard InChI is InChI=1S/C39H62N4O8Si/c1-22(2)52(13,23(3)4)51-16-14-27-21-43(15-17-50-27)39(41-7)30-20-28-32(34(45)38(49-12)25(6)36(28)47-10)33(42(30)8)29(40)18-26-19-31(44)37(48-11)24(5)35(26)46-9/h19,22-23,27,29-30,33,39,44-45H,14-18,20-21,40H2,1-6,8-13H3/t27-,29?,30?,33?,39?/m0/s1. The molecule has 2 aromatic carbocycles. The molecular weight excluding hydrogens is 681 g/mol. The highest BCUT2D eigenvalue weighted by Crippen LogP contribution is 2.52. The Morgan fingerprint density at radius 1 is 0.981 bits per heavy atom. The maximum absolute atomic E-state index is 11.8. The fourth-order valence-corrected chi connectivity index (χ4v) is 11.0. The van der Waals surface area contributed by atoms with Crippen LogP contribution in [0.2, 0.25) is 17.6 Å². The summed E-state index contributed by atoms with van der Waals surface area (Å²) in [5.41, 5.74) is 11.6. The summed E-state index contributed by atoms with van der Waals surface area (Å²) >= 11 is 0. The molecule has 2 aromatic rings. The molecule has 0 aliphatic carbocycles. The van der Waals surface area contributed by atoms with Crippen molar-refractivity contribution in [2.24, 2.45) is 5.73 Å². The van der Waals surface area contributed by atoms with Crippen molar-refractivity contribution in [3.05, 3.63) is 45.3 Å². The first kappa shape index (κ1) is 41.5. The van der Waals surface area contributed by atoms with Gasteiger partial charge in [-0.1, -0.05) is 27.7 Å². The van der Waals surface area contributed by atoms with Crippen molar-refractivity contribution in [1.29, 1.82) is 0 Å². The zero-order valence-electron chi connectivity index (χ0n) is 33.3. The Morgan fingerprint density at radius 3 is 2.13 bits per heavy atom. The van der Waals surface area contributed by atoms with E-state index in [1.54, 1.807) is 20.3 Å². The molecule has 0 aromatic heterocycles. The number of benzene rings is 2. The van der Waals surface area contributed by atoms with Crippen LogP contribution in [-0.4, -0.2) is 114 Å². The SMILES string of the molecule is [C-]#[N+]C(C1Cc2c(OC)c(C)c(OC)c(O)c2C(C(N)Cc2cc(O)c(OC)c(C)c2OC)N1C)N1CCO[C@@H](CCO[Si](C)(C(C)C)C(C)C)C1. The van der Waals surface area contributed by atoms with E-state index in [2.05, 4.69) is 48.9 Å². The van der Waals surface area contributed by atoms with Crippen molar-refractivity contribution in [1.82, 2.24) is 9.80 Å². The Kier molecular flexibility index (Phi) is 13.8. The summed E-state index contributed by atoms with van der Waals surface area (Å²) < 4.78 is 35.8. The van der Waals surface area contributed by atoms with Gasteiger partial charge in [0.2, 0.25) is 0 Å². The lowest BCUT2D eigenvalue weighted by Gasteiger charge is -2.46. The predicted octanol–water partition coefficient (Wildman–Crippen LogP) is 5.96. The lowest BCUT2D eigenvalue weighted by molar-refractivity contribution is -0.0593. The Balaban J connectivity index is 1.72. The first-order valence-corrected chi connectivity index (χ1v) is 20.9. The third-order valence-corrected chi connectivity index (χ3v) is 17.2. The van der Waals surface area contributed by atoms with Gasteiger partial charge in [-0.25, -0.2) is 11.5 Å². The van der Waals surface area contributed by atoms with E-state index in [4.69, 9.17) is 40.4 Å². The fraction of sp³-hybridized carbons (Fsp3) is 0.667. The predicted molar refractivity (Wildman–Crippen MR) is 206 cm³/mol. The van der Waals surface area contributed by atoms with E-state index in [0.29, 0.717) is 89.1 Å². The van der Waals surface area contributed by atoms with Gasteiger partial charge in [-0.2, -0.15) is 0 Å². The van der Waals surface area contributed by atoms with E-state index in [1.807, 2.05) is 20.9 Å². The molecule has 4 rings (SSSR count). The highest BCUT2D eigenvalue weighted by atomic mass is 28.4. The number of ether oxygens (including phenoxy) is 5. The average molecular weight is 743 g/mol. The van der Waals surface area contributed by atoms with E-state index < -0.39 is 26.6 Å². The number of phenols is 2. The Bertz CT molecular complexity index is 1590. The molecule has 13 heteroatoms. The van der Waals surface area contributed by atoms with Gasteiger partial charge >= 0.3 is 0 Å². The van der Waals surface area contributed by atoms with E-state index in [1.165, 1.54) is 14.2 Å². The highest BCUT2D eigenvalue weighted by molar-refractivity contribution is 6.75. The molecule has 2 heterocycles. The Hall–Kier alpha value is -3.25. The molecule has 1 saturated heterocycles. The van der Waals surface area contributed by atoms with Gasteiger partial charge in [0.05, 0.1) is 47.2 Å². The largest absolute Gasteiger partial charge is 0.504 e. The van der Waals surface area contributed by atoms with Gasteiger partial charge in [0, 0.05) is 54.4 Å². The Labute approximate surface area is 312 Å². The number of aromatic hydroxyl groups is 2. The molecule has 12 nitrogen and oxygen atoms in total. The van der Waals surface area contributed by atoms with Crippen molar-refractivity contribution in [3.63, 3.8) is 0 Å². The smallest absolute Gasteiger partial charge is 0.295 e. The quantitative estimate of drug-likeness (QED) is 0.147. The number of phenolic OH excluding ortho intramolecular Hbond substituents is 2. The molecule has 2 aliphatic rings. The molecule has 0 spiro atoms. The number of morpholine rings is 1.